The topological polar surface area (TPSA) is 57.6 Å². The van der Waals surface area contributed by atoms with Crippen LogP contribution in [-0.2, 0) is 10.2 Å². The molecule has 1 N–H and O–H groups in total. The Morgan fingerprint density at radius 3 is 2.10 bits per heavy atom. The van der Waals surface area contributed by atoms with Gasteiger partial charge in [-0.05, 0) is 17.9 Å². The zero-order chi connectivity index (χ0) is 15.3. The van der Waals surface area contributed by atoms with Crippen LogP contribution in [0, 0.1) is 0 Å². The summed E-state index contributed by atoms with van der Waals surface area (Å²) in [7, 11) is 0. The highest BCUT2D eigenvalue weighted by atomic mass is 16.3. The monoisotopic (exact) mass is 277 g/mol. The van der Waals surface area contributed by atoms with E-state index in [2.05, 4.69) is 20.8 Å². The lowest BCUT2D eigenvalue weighted by molar-refractivity contribution is -0.126. The minimum atomic E-state index is -0.565. The number of benzene rings is 1. The fourth-order valence-corrected chi connectivity index (χ4v) is 1.91. The number of carbonyl (C=O) groups is 2. The van der Waals surface area contributed by atoms with Gasteiger partial charge in [0.15, 0.2) is 0 Å². The number of nitrogens with zero attached hydrogens (tertiary/aromatic N) is 1. The van der Waals surface area contributed by atoms with Crippen molar-refractivity contribution in [1.29, 1.82) is 0 Å². The van der Waals surface area contributed by atoms with Crippen molar-refractivity contribution in [3.63, 3.8) is 0 Å². The second-order valence-electron chi connectivity index (χ2n) is 5.76. The number of ketones is 1. The number of hydrogen-bond donors (Lipinski definition) is 1. The largest absolute Gasteiger partial charge is 0.395 e. The van der Waals surface area contributed by atoms with Gasteiger partial charge in [0, 0.05) is 18.7 Å². The third-order valence-electron chi connectivity index (χ3n) is 3.25. The van der Waals surface area contributed by atoms with Gasteiger partial charge in [-0.15, -0.1) is 0 Å². The van der Waals surface area contributed by atoms with Crippen LogP contribution >= 0.6 is 0 Å². The van der Waals surface area contributed by atoms with Crippen LogP contribution in [0.2, 0.25) is 0 Å². The first kappa shape index (κ1) is 16.4. The van der Waals surface area contributed by atoms with Gasteiger partial charge >= 0.3 is 0 Å². The van der Waals surface area contributed by atoms with Crippen molar-refractivity contribution in [1.82, 2.24) is 4.90 Å². The summed E-state index contributed by atoms with van der Waals surface area (Å²) in [5.74, 6) is -1.09. The molecule has 110 valence electrons. The molecule has 0 aliphatic heterocycles. The lowest BCUT2D eigenvalue weighted by Gasteiger charge is -2.20. The highest BCUT2D eigenvalue weighted by Crippen LogP contribution is 2.22. The fraction of sp³-hybridized carbons (Fsp3) is 0.500. The van der Waals surface area contributed by atoms with Crippen molar-refractivity contribution < 1.29 is 14.7 Å². The van der Waals surface area contributed by atoms with Crippen molar-refractivity contribution in [2.45, 2.75) is 33.1 Å². The van der Waals surface area contributed by atoms with Crippen molar-refractivity contribution in [2.24, 2.45) is 0 Å². The van der Waals surface area contributed by atoms with E-state index in [0.717, 1.165) is 5.56 Å². The van der Waals surface area contributed by atoms with E-state index >= 15 is 0 Å². The lowest BCUT2D eigenvalue weighted by Crippen LogP contribution is -2.38. The van der Waals surface area contributed by atoms with Crippen LogP contribution in [-0.4, -0.2) is 41.4 Å². The Kier molecular flexibility index (Phi) is 5.45. The molecule has 1 rings (SSSR count). The SMILES string of the molecule is CCN(CCO)C(=O)C(=O)c1ccc(C(C)(C)C)cc1. The molecule has 0 unspecified atom stereocenters. The molecular weight excluding hydrogens is 254 g/mol. The molecule has 0 atom stereocenters. The predicted octanol–water partition coefficient (Wildman–Crippen LogP) is 2.01. The van der Waals surface area contributed by atoms with Gasteiger partial charge in [-0.25, -0.2) is 0 Å². The molecule has 1 aromatic carbocycles. The third kappa shape index (κ3) is 3.90. The Bertz CT molecular complexity index is 471. The first-order valence-electron chi connectivity index (χ1n) is 6.86. The van der Waals surface area contributed by atoms with Crippen LogP contribution in [0.25, 0.3) is 0 Å². The molecule has 0 radical (unpaired) electrons. The van der Waals surface area contributed by atoms with Crippen LogP contribution in [0.1, 0.15) is 43.6 Å². The first-order valence-corrected chi connectivity index (χ1v) is 6.86. The standard InChI is InChI=1S/C16H23NO3/c1-5-17(10-11-18)15(20)14(19)12-6-8-13(9-7-12)16(2,3)4/h6-9,18H,5,10-11H2,1-4H3. The molecule has 0 aliphatic rings. The molecule has 1 aromatic rings. The molecule has 0 fully saturated rings. The van der Waals surface area contributed by atoms with Gasteiger partial charge in [-0.1, -0.05) is 45.0 Å². The number of carbonyl (C=O) groups excluding carboxylic acids is 2. The summed E-state index contributed by atoms with van der Waals surface area (Å²) in [5, 5.41) is 8.89. The molecule has 0 aromatic heterocycles. The number of Topliss-reactive ketones (excluding diaryl/α,β-unsaturated/α-hetero) is 1. The molecule has 4 nitrogen and oxygen atoms in total. The fourth-order valence-electron chi connectivity index (χ4n) is 1.91. The van der Waals surface area contributed by atoms with Crippen molar-refractivity contribution in [3.8, 4) is 0 Å². The van der Waals surface area contributed by atoms with Crippen molar-refractivity contribution >= 4 is 11.7 Å². The molecule has 20 heavy (non-hydrogen) atoms. The minimum Gasteiger partial charge on any atom is -0.395 e. The quantitative estimate of drug-likeness (QED) is 0.661. The van der Waals surface area contributed by atoms with E-state index in [-0.39, 0.29) is 18.6 Å². The molecular formula is C16H23NO3. The molecule has 0 aliphatic carbocycles. The van der Waals surface area contributed by atoms with Gasteiger partial charge in [-0.2, -0.15) is 0 Å². The highest BCUT2D eigenvalue weighted by Gasteiger charge is 2.22. The maximum Gasteiger partial charge on any atom is 0.295 e. The lowest BCUT2D eigenvalue weighted by atomic mass is 9.86. The van der Waals surface area contributed by atoms with E-state index in [1.165, 1.54) is 4.90 Å². The van der Waals surface area contributed by atoms with E-state index in [0.29, 0.717) is 12.1 Å². The van der Waals surface area contributed by atoms with Crippen LogP contribution in [0.3, 0.4) is 0 Å². The molecule has 4 heteroatoms. The average molecular weight is 277 g/mol. The van der Waals surface area contributed by atoms with Gasteiger partial charge < -0.3 is 10.0 Å². The zero-order valence-corrected chi connectivity index (χ0v) is 12.6. The van der Waals surface area contributed by atoms with E-state index in [9.17, 15) is 9.59 Å². The summed E-state index contributed by atoms with van der Waals surface area (Å²) >= 11 is 0. The normalized spacial score (nSPS) is 11.2. The number of likely N-dealkylation sites (N-methyl/N-ethyl adjacent to an activating group) is 1. The maximum atomic E-state index is 12.1. The molecule has 0 bridgehead atoms. The summed E-state index contributed by atoms with van der Waals surface area (Å²) < 4.78 is 0. The van der Waals surface area contributed by atoms with Crippen LogP contribution < -0.4 is 0 Å². The van der Waals surface area contributed by atoms with Crippen LogP contribution in [0.5, 0.6) is 0 Å². The second-order valence-corrected chi connectivity index (χ2v) is 5.76. The molecule has 0 saturated carbocycles. The minimum absolute atomic E-state index is 0.0118. The van der Waals surface area contributed by atoms with Crippen molar-refractivity contribution in [2.75, 3.05) is 19.7 Å². The Labute approximate surface area is 120 Å². The third-order valence-corrected chi connectivity index (χ3v) is 3.25. The Morgan fingerprint density at radius 1 is 1.15 bits per heavy atom. The van der Waals surface area contributed by atoms with Gasteiger partial charge in [0.05, 0.1) is 6.61 Å². The Hall–Kier alpha value is -1.68. The predicted molar refractivity (Wildman–Crippen MR) is 78.8 cm³/mol. The summed E-state index contributed by atoms with van der Waals surface area (Å²) in [6.07, 6.45) is 0. The average Bonchev–Trinajstić information content (AvgIpc) is 2.42. The van der Waals surface area contributed by atoms with Gasteiger partial charge in [-0.3, -0.25) is 9.59 Å². The number of aliphatic hydroxyl groups excluding tert-OH is 1. The first-order chi connectivity index (χ1) is 9.31. The van der Waals surface area contributed by atoms with Crippen LogP contribution in [0.4, 0.5) is 0 Å². The van der Waals surface area contributed by atoms with E-state index in [1.807, 2.05) is 12.1 Å². The number of amides is 1. The second kappa shape index (κ2) is 6.66. The Morgan fingerprint density at radius 2 is 1.70 bits per heavy atom. The summed E-state index contributed by atoms with van der Waals surface area (Å²) in [4.78, 5) is 25.5. The number of hydrogen-bond acceptors (Lipinski definition) is 3. The van der Waals surface area contributed by atoms with Crippen molar-refractivity contribution in [3.05, 3.63) is 35.4 Å². The number of rotatable bonds is 5. The zero-order valence-electron chi connectivity index (χ0n) is 12.6. The van der Waals surface area contributed by atoms with Gasteiger partial charge in [0.1, 0.15) is 0 Å². The summed E-state index contributed by atoms with van der Waals surface area (Å²) in [6.45, 7) is 8.50. The van der Waals surface area contributed by atoms with Crippen LogP contribution in [0.15, 0.2) is 24.3 Å². The molecule has 1 amide bonds. The molecule has 0 spiro atoms. The van der Waals surface area contributed by atoms with Gasteiger partial charge in [0.25, 0.3) is 5.91 Å². The van der Waals surface area contributed by atoms with E-state index < -0.39 is 11.7 Å². The molecule has 0 heterocycles. The number of aliphatic hydroxyl groups is 1. The Balaban J connectivity index is 2.90. The summed E-state index contributed by atoms with van der Waals surface area (Å²) in [5.41, 5.74) is 1.52. The highest BCUT2D eigenvalue weighted by molar-refractivity contribution is 6.42. The smallest absolute Gasteiger partial charge is 0.295 e. The summed E-state index contributed by atoms with van der Waals surface area (Å²) in [6, 6.07) is 7.13. The molecule has 0 saturated heterocycles. The van der Waals surface area contributed by atoms with Gasteiger partial charge in [0.2, 0.25) is 5.78 Å². The maximum absolute atomic E-state index is 12.1. The van der Waals surface area contributed by atoms with E-state index in [4.69, 9.17) is 5.11 Å². The van der Waals surface area contributed by atoms with E-state index in [1.54, 1.807) is 19.1 Å².